The number of hydrogen-bond donors (Lipinski definition) is 4. The number of anilines is 1. The van der Waals surface area contributed by atoms with E-state index in [-0.39, 0.29) is 24.3 Å². The summed E-state index contributed by atoms with van der Waals surface area (Å²) in [5, 5.41) is 36.5. The van der Waals surface area contributed by atoms with Crippen LogP contribution in [0.25, 0.3) is 11.0 Å². The second-order valence-electron chi connectivity index (χ2n) is 8.87. The third-order valence-corrected chi connectivity index (χ3v) is 6.74. The SMILES string of the molecule is O=C(O)CC1O[C@@H](Cn2ncc3c(NC4CCCC4)nc(Cl)nc32)[C@@H](CC(=O)O)[C@@H]1CC(=O)O. The first-order valence-electron chi connectivity index (χ1n) is 11.2. The van der Waals surface area contributed by atoms with Crippen molar-refractivity contribution in [2.24, 2.45) is 11.8 Å². The van der Waals surface area contributed by atoms with Crippen molar-refractivity contribution in [3.05, 3.63) is 11.5 Å². The minimum Gasteiger partial charge on any atom is -0.481 e. The Morgan fingerprint density at radius 1 is 1.00 bits per heavy atom. The molecule has 1 saturated heterocycles. The molecule has 0 radical (unpaired) electrons. The highest BCUT2D eigenvalue weighted by atomic mass is 35.5. The normalized spacial score (nSPS) is 25.1. The Morgan fingerprint density at radius 2 is 1.62 bits per heavy atom. The standard InChI is InChI=1S/C21H26ClN5O7/c22-21-25-19(24-10-3-1-2-4-10)13-8-23-27(20(13)26-21)9-15-12(6-17(30)31)11(5-16(28)29)14(34-15)7-18(32)33/h8,10-12,14-15H,1-7,9H2,(H,28,29)(H,30,31)(H,32,33)(H,24,25,26)/t11-,12-,14?,15-/m0/s1. The monoisotopic (exact) mass is 495 g/mol. The van der Waals surface area contributed by atoms with Crippen molar-refractivity contribution in [2.45, 2.75) is 69.7 Å². The summed E-state index contributed by atoms with van der Waals surface area (Å²) >= 11 is 6.17. The number of aromatic nitrogens is 4. The van der Waals surface area contributed by atoms with Gasteiger partial charge < -0.3 is 25.4 Å². The molecule has 0 spiro atoms. The van der Waals surface area contributed by atoms with Crippen molar-refractivity contribution in [1.29, 1.82) is 0 Å². The molecule has 1 saturated carbocycles. The number of ether oxygens (including phenoxy) is 1. The summed E-state index contributed by atoms with van der Waals surface area (Å²) in [6.07, 6.45) is 3.05. The average molecular weight is 496 g/mol. The Balaban J connectivity index is 1.63. The molecule has 4 N–H and O–H groups in total. The summed E-state index contributed by atoms with van der Waals surface area (Å²) in [6.45, 7) is 0.0594. The number of carbonyl (C=O) groups is 3. The molecule has 0 bridgehead atoms. The van der Waals surface area contributed by atoms with E-state index < -0.39 is 54.8 Å². The first-order valence-corrected chi connectivity index (χ1v) is 11.6. The largest absolute Gasteiger partial charge is 0.481 e. The maximum atomic E-state index is 11.5. The van der Waals surface area contributed by atoms with Crippen LogP contribution in [0, 0.1) is 11.8 Å². The number of nitrogens with zero attached hydrogens (tertiary/aromatic N) is 4. The number of halogens is 1. The highest BCUT2D eigenvalue weighted by molar-refractivity contribution is 6.28. The predicted molar refractivity (Wildman–Crippen MR) is 119 cm³/mol. The molecule has 1 aliphatic heterocycles. The van der Waals surface area contributed by atoms with Gasteiger partial charge in [0.05, 0.1) is 49.6 Å². The second-order valence-corrected chi connectivity index (χ2v) is 9.20. The van der Waals surface area contributed by atoms with Gasteiger partial charge in [-0.05, 0) is 24.4 Å². The zero-order valence-corrected chi connectivity index (χ0v) is 19.0. The quantitative estimate of drug-likeness (QED) is 0.355. The van der Waals surface area contributed by atoms with Gasteiger partial charge in [0.1, 0.15) is 5.82 Å². The second kappa shape index (κ2) is 10.1. The molecule has 184 valence electrons. The maximum absolute atomic E-state index is 11.5. The van der Waals surface area contributed by atoms with Crippen LogP contribution in [-0.4, -0.2) is 71.2 Å². The lowest BCUT2D eigenvalue weighted by Gasteiger charge is -2.21. The Labute approximate surface area is 199 Å². The highest BCUT2D eigenvalue weighted by Gasteiger charge is 2.47. The number of hydrogen-bond acceptors (Lipinski definition) is 8. The van der Waals surface area contributed by atoms with Crippen molar-refractivity contribution < 1.29 is 34.4 Å². The van der Waals surface area contributed by atoms with Crippen LogP contribution in [0.3, 0.4) is 0 Å². The third-order valence-electron chi connectivity index (χ3n) is 6.57. The summed E-state index contributed by atoms with van der Waals surface area (Å²) in [7, 11) is 0. The van der Waals surface area contributed by atoms with Crippen LogP contribution in [0.1, 0.15) is 44.9 Å². The fourth-order valence-corrected chi connectivity index (χ4v) is 5.27. The van der Waals surface area contributed by atoms with Crippen LogP contribution in [-0.2, 0) is 25.7 Å². The zero-order chi connectivity index (χ0) is 24.4. The summed E-state index contributed by atoms with van der Waals surface area (Å²) in [4.78, 5) is 42.9. The molecule has 1 unspecified atom stereocenters. The fraction of sp³-hybridized carbons (Fsp3) is 0.619. The minimum absolute atomic E-state index is 0.0247. The summed E-state index contributed by atoms with van der Waals surface area (Å²) in [5.74, 6) is -4.34. The smallest absolute Gasteiger partial charge is 0.305 e. The molecule has 4 rings (SSSR count). The topological polar surface area (TPSA) is 177 Å². The molecule has 2 aromatic rings. The number of carboxylic acids is 3. The fourth-order valence-electron chi connectivity index (χ4n) is 5.10. The van der Waals surface area contributed by atoms with E-state index >= 15 is 0 Å². The van der Waals surface area contributed by atoms with Crippen molar-refractivity contribution >= 4 is 46.4 Å². The molecule has 2 aliphatic rings. The van der Waals surface area contributed by atoms with Crippen LogP contribution in [0.2, 0.25) is 5.28 Å². The summed E-state index contributed by atoms with van der Waals surface area (Å²) < 4.78 is 7.45. The van der Waals surface area contributed by atoms with Crippen LogP contribution >= 0.6 is 11.6 Å². The van der Waals surface area contributed by atoms with E-state index in [0.29, 0.717) is 16.9 Å². The number of carboxylic acid groups (broad SMARTS) is 3. The lowest BCUT2D eigenvalue weighted by atomic mass is 9.81. The van der Waals surface area contributed by atoms with Crippen molar-refractivity contribution in [2.75, 3.05) is 5.32 Å². The van der Waals surface area contributed by atoms with Crippen molar-refractivity contribution in [1.82, 2.24) is 19.7 Å². The van der Waals surface area contributed by atoms with Crippen LogP contribution in [0.15, 0.2) is 6.20 Å². The van der Waals surface area contributed by atoms with E-state index in [4.69, 9.17) is 16.3 Å². The molecular weight excluding hydrogens is 470 g/mol. The molecule has 34 heavy (non-hydrogen) atoms. The first-order chi connectivity index (χ1) is 16.2. The van der Waals surface area contributed by atoms with E-state index in [0.717, 1.165) is 25.7 Å². The minimum atomic E-state index is -1.15. The van der Waals surface area contributed by atoms with Gasteiger partial charge in [-0.1, -0.05) is 12.8 Å². The molecule has 0 amide bonds. The van der Waals surface area contributed by atoms with Gasteiger partial charge in [-0.2, -0.15) is 15.1 Å². The zero-order valence-electron chi connectivity index (χ0n) is 18.3. The molecule has 1 aliphatic carbocycles. The van der Waals surface area contributed by atoms with Gasteiger partial charge in [-0.3, -0.25) is 14.4 Å². The molecule has 2 aromatic heterocycles. The number of nitrogens with one attached hydrogen (secondary N) is 1. The van der Waals surface area contributed by atoms with E-state index in [1.54, 1.807) is 6.20 Å². The number of aliphatic carboxylic acids is 3. The molecule has 0 aromatic carbocycles. The van der Waals surface area contributed by atoms with Crippen molar-refractivity contribution in [3.8, 4) is 0 Å². The average Bonchev–Trinajstić information content (AvgIpc) is 3.45. The third kappa shape index (κ3) is 5.39. The van der Waals surface area contributed by atoms with Crippen molar-refractivity contribution in [3.63, 3.8) is 0 Å². The lowest BCUT2D eigenvalue weighted by molar-refractivity contribution is -0.143. The molecule has 13 heteroatoms. The summed E-state index contributed by atoms with van der Waals surface area (Å²) in [6, 6.07) is 0.282. The molecule has 2 fully saturated rings. The van der Waals surface area contributed by atoms with Gasteiger partial charge >= 0.3 is 17.9 Å². The Morgan fingerprint density at radius 3 is 2.24 bits per heavy atom. The van der Waals surface area contributed by atoms with Crippen LogP contribution in [0.5, 0.6) is 0 Å². The van der Waals surface area contributed by atoms with Gasteiger partial charge in [0.15, 0.2) is 5.65 Å². The molecule has 12 nitrogen and oxygen atoms in total. The summed E-state index contributed by atoms with van der Waals surface area (Å²) in [5.41, 5.74) is 0.426. The predicted octanol–water partition coefficient (Wildman–Crippen LogP) is 2.26. The Hall–Kier alpha value is -2.99. The van der Waals surface area contributed by atoms with Gasteiger partial charge in [-0.25, -0.2) is 4.68 Å². The van der Waals surface area contributed by atoms with Gasteiger partial charge in [0.2, 0.25) is 5.28 Å². The molecule has 4 atom stereocenters. The highest BCUT2D eigenvalue weighted by Crippen LogP contribution is 2.40. The van der Waals surface area contributed by atoms with Crippen LogP contribution in [0.4, 0.5) is 5.82 Å². The van der Waals surface area contributed by atoms with Gasteiger partial charge in [0.25, 0.3) is 0 Å². The first kappa shape index (κ1) is 24.1. The van der Waals surface area contributed by atoms with Gasteiger partial charge in [0, 0.05) is 17.9 Å². The Kier molecular flexibility index (Phi) is 7.17. The van der Waals surface area contributed by atoms with Gasteiger partial charge in [-0.15, -0.1) is 0 Å². The molecule has 3 heterocycles. The molecular formula is C21H26ClN5O7. The van der Waals surface area contributed by atoms with Crippen LogP contribution < -0.4 is 5.32 Å². The lowest BCUT2D eigenvalue weighted by Crippen LogP contribution is -2.30. The van der Waals surface area contributed by atoms with E-state index in [9.17, 15) is 29.7 Å². The number of rotatable bonds is 10. The number of fused-ring (bicyclic) bond motifs is 1. The maximum Gasteiger partial charge on any atom is 0.305 e. The van der Waals surface area contributed by atoms with E-state index in [1.807, 2.05) is 0 Å². The van der Waals surface area contributed by atoms with E-state index in [2.05, 4.69) is 20.4 Å². The van der Waals surface area contributed by atoms with E-state index in [1.165, 1.54) is 4.68 Å². The Bertz CT molecular complexity index is 1090.